The Kier molecular flexibility index (Phi) is 5.52. The van der Waals surface area contributed by atoms with E-state index in [0.717, 1.165) is 5.56 Å². The maximum Gasteiger partial charge on any atom is 0.163 e. The Hall–Kier alpha value is -2.62. The number of benzene rings is 2. The second kappa shape index (κ2) is 7.58. The molecule has 0 aliphatic carbocycles. The van der Waals surface area contributed by atoms with Crippen LogP contribution >= 0.6 is 0 Å². The molecular weight excluding hydrogens is 292 g/mol. The summed E-state index contributed by atoms with van der Waals surface area (Å²) in [5, 5.41) is 0. The van der Waals surface area contributed by atoms with Gasteiger partial charge in [0, 0.05) is 24.0 Å². The second-order valence-electron chi connectivity index (χ2n) is 5.23. The Bertz CT molecular complexity index is 719. The summed E-state index contributed by atoms with van der Waals surface area (Å²) < 4.78 is 10.3. The van der Waals surface area contributed by atoms with Gasteiger partial charge in [-0.2, -0.15) is 0 Å². The van der Waals surface area contributed by atoms with E-state index in [1.807, 2.05) is 25.1 Å². The van der Waals surface area contributed by atoms with E-state index in [1.165, 1.54) is 7.11 Å². The Labute approximate surface area is 136 Å². The van der Waals surface area contributed by atoms with Crippen molar-refractivity contribution < 1.29 is 19.1 Å². The molecule has 120 valence electrons. The van der Waals surface area contributed by atoms with Crippen LogP contribution in [0.25, 0.3) is 0 Å². The minimum Gasteiger partial charge on any atom is -0.493 e. The zero-order valence-electron chi connectivity index (χ0n) is 13.6. The van der Waals surface area contributed by atoms with Crippen molar-refractivity contribution in [2.24, 2.45) is 0 Å². The normalized spacial score (nSPS) is 10.2. The lowest BCUT2D eigenvalue weighted by atomic mass is 9.98. The van der Waals surface area contributed by atoms with Crippen LogP contribution < -0.4 is 9.47 Å². The number of hydrogen-bond acceptors (Lipinski definition) is 4. The number of hydrogen-bond donors (Lipinski definition) is 0. The summed E-state index contributed by atoms with van der Waals surface area (Å²) in [4.78, 5) is 24.5. The van der Waals surface area contributed by atoms with E-state index >= 15 is 0 Å². The summed E-state index contributed by atoms with van der Waals surface area (Å²) >= 11 is 0. The highest BCUT2D eigenvalue weighted by atomic mass is 16.5. The molecule has 0 atom stereocenters. The first kappa shape index (κ1) is 16.7. The number of Topliss-reactive ketones (excluding diaryl/α,β-unsaturated/α-hetero) is 2. The monoisotopic (exact) mass is 312 g/mol. The van der Waals surface area contributed by atoms with E-state index in [4.69, 9.17) is 9.47 Å². The average molecular weight is 312 g/mol. The second-order valence-corrected chi connectivity index (χ2v) is 5.23. The predicted molar refractivity (Wildman–Crippen MR) is 88.6 cm³/mol. The summed E-state index contributed by atoms with van der Waals surface area (Å²) in [6, 6.07) is 12.4. The van der Waals surface area contributed by atoms with Crippen molar-refractivity contribution in [3.05, 3.63) is 59.2 Å². The third kappa shape index (κ3) is 3.97. The molecule has 0 amide bonds. The molecule has 0 aliphatic heterocycles. The maximum absolute atomic E-state index is 12.3. The number of methoxy groups -OCH3 is 2. The van der Waals surface area contributed by atoms with Gasteiger partial charge in [-0.1, -0.05) is 24.3 Å². The molecule has 23 heavy (non-hydrogen) atoms. The molecule has 0 radical (unpaired) electrons. The summed E-state index contributed by atoms with van der Waals surface area (Å²) in [6.07, 6.45) is 0.362. The van der Waals surface area contributed by atoms with Gasteiger partial charge in [-0.15, -0.1) is 0 Å². The minimum atomic E-state index is -0.0899. The molecule has 4 heteroatoms. The molecule has 0 spiro atoms. The summed E-state index contributed by atoms with van der Waals surface area (Å²) in [5.74, 6) is 0.966. The quantitative estimate of drug-likeness (QED) is 0.729. The molecule has 4 nitrogen and oxygen atoms in total. The molecule has 0 saturated carbocycles. The fourth-order valence-electron chi connectivity index (χ4n) is 2.40. The van der Waals surface area contributed by atoms with Gasteiger partial charge in [-0.05, 0) is 30.7 Å². The largest absolute Gasteiger partial charge is 0.493 e. The van der Waals surface area contributed by atoms with Gasteiger partial charge in [0.15, 0.2) is 23.1 Å². The van der Waals surface area contributed by atoms with Gasteiger partial charge >= 0.3 is 0 Å². The first-order valence-corrected chi connectivity index (χ1v) is 7.41. The van der Waals surface area contributed by atoms with Gasteiger partial charge in [0.1, 0.15) is 0 Å². The van der Waals surface area contributed by atoms with Crippen LogP contribution in [0.3, 0.4) is 0 Å². The molecule has 0 aromatic heterocycles. The number of carbonyl (C=O) groups is 2. The van der Waals surface area contributed by atoms with Crippen LogP contribution in [0.5, 0.6) is 11.5 Å². The molecule has 0 saturated heterocycles. The van der Waals surface area contributed by atoms with Gasteiger partial charge in [0.25, 0.3) is 0 Å². The van der Waals surface area contributed by atoms with Crippen LogP contribution in [0.4, 0.5) is 0 Å². The lowest BCUT2D eigenvalue weighted by Crippen LogP contribution is -2.07. The average Bonchev–Trinajstić information content (AvgIpc) is 2.59. The Morgan fingerprint density at radius 1 is 0.870 bits per heavy atom. The highest BCUT2D eigenvalue weighted by molar-refractivity contribution is 6.03. The zero-order valence-corrected chi connectivity index (χ0v) is 13.6. The lowest BCUT2D eigenvalue weighted by Gasteiger charge is -2.09. The van der Waals surface area contributed by atoms with Crippen molar-refractivity contribution in [1.82, 2.24) is 0 Å². The van der Waals surface area contributed by atoms with Crippen molar-refractivity contribution in [2.45, 2.75) is 19.8 Å². The number of ether oxygens (including phenoxy) is 2. The predicted octanol–water partition coefficient (Wildman–Crippen LogP) is 3.86. The molecule has 2 aromatic rings. The smallest absolute Gasteiger partial charge is 0.163 e. The molecule has 0 bridgehead atoms. The minimum absolute atomic E-state index is 0.0167. The number of aryl methyl sites for hydroxylation is 1. The summed E-state index contributed by atoms with van der Waals surface area (Å²) in [7, 11) is 3.06. The van der Waals surface area contributed by atoms with E-state index in [-0.39, 0.29) is 24.4 Å². The molecule has 0 heterocycles. The molecular formula is C19H20O4. The molecule has 0 N–H and O–H groups in total. The van der Waals surface area contributed by atoms with E-state index in [9.17, 15) is 9.59 Å². The third-order valence-electron chi connectivity index (χ3n) is 3.73. The van der Waals surface area contributed by atoms with Crippen molar-refractivity contribution in [3.63, 3.8) is 0 Å². The first-order valence-electron chi connectivity index (χ1n) is 7.41. The van der Waals surface area contributed by atoms with E-state index in [0.29, 0.717) is 22.6 Å². The molecule has 0 aliphatic rings. The van der Waals surface area contributed by atoms with Crippen molar-refractivity contribution in [2.75, 3.05) is 14.2 Å². The summed E-state index contributed by atoms with van der Waals surface area (Å²) in [5.41, 5.74) is 2.11. The first-order chi connectivity index (χ1) is 11.1. The Morgan fingerprint density at radius 3 is 2.17 bits per heavy atom. The van der Waals surface area contributed by atoms with E-state index < -0.39 is 0 Å². The van der Waals surface area contributed by atoms with Gasteiger partial charge in [0.05, 0.1) is 14.2 Å². The number of ketones is 2. The van der Waals surface area contributed by atoms with Crippen molar-refractivity contribution in [1.29, 1.82) is 0 Å². The SMILES string of the molecule is COc1ccc(C(=O)CCC(=O)c2ccccc2C)cc1OC. The number of carbonyl (C=O) groups excluding carboxylic acids is 2. The topological polar surface area (TPSA) is 52.6 Å². The molecule has 2 rings (SSSR count). The Balaban J connectivity index is 2.05. The maximum atomic E-state index is 12.3. The fourth-order valence-corrected chi connectivity index (χ4v) is 2.40. The van der Waals surface area contributed by atoms with E-state index in [1.54, 1.807) is 31.4 Å². The number of rotatable bonds is 7. The van der Waals surface area contributed by atoms with Gasteiger partial charge in [0.2, 0.25) is 0 Å². The molecule has 0 unspecified atom stereocenters. The van der Waals surface area contributed by atoms with Crippen LogP contribution in [-0.4, -0.2) is 25.8 Å². The zero-order chi connectivity index (χ0) is 16.8. The van der Waals surface area contributed by atoms with Gasteiger partial charge in [-0.25, -0.2) is 0 Å². The van der Waals surface area contributed by atoms with Crippen LogP contribution in [0, 0.1) is 6.92 Å². The fraction of sp³-hybridized carbons (Fsp3) is 0.263. The molecule has 0 fully saturated rings. The standard InChI is InChI=1S/C19H20O4/c1-13-6-4-5-7-15(13)17(21)10-9-16(20)14-8-11-18(22-2)19(12-14)23-3/h4-8,11-12H,9-10H2,1-3H3. The van der Waals surface area contributed by atoms with Crippen LogP contribution in [0.2, 0.25) is 0 Å². The molecule has 2 aromatic carbocycles. The highest BCUT2D eigenvalue weighted by Gasteiger charge is 2.14. The Morgan fingerprint density at radius 2 is 1.52 bits per heavy atom. The lowest BCUT2D eigenvalue weighted by molar-refractivity contribution is 0.0917. The van der Waals surface area contributed by atoms with Crippen LogP contribution in [0.15, 0.2) is 42.5 Å². The summed E-state index contributed by atoms with van der Waals surface area (Å²) in [6.45, 7) is 1.89. The highest BCUT2D eigenvalue weighted by Crippen LogP contribution is 2.28. The van der Waals surface area contributed by atoms with Crippen molar-refractivity contribution >= 4 is 11.6 Å². The van der Waals surface area contributed by atoms with Crippen LogP contribution in [-0.2, 0) is 0 Å². The van der Waals surface area contributed by atoms with Gasteiger partial charge in [-0.3, -0.25) is 9.59 Å². The van der Waals surface area contributed by atoms with Crippen molar-refractivity contribution in [3.8, 4) is 11.5 Å². The third-order valence-corrected chi connectivity index (χ3v) is 3.73. The van der Waals surface area contributed by atoms with E-state index in [2.05, 4.69) is 0 Å². The van der Waals surface area contributed by atoms with Gasteiger partial charge < -0.3 is 9.47 Å². The van der Waals surface area contributed by atoms with Crippen LogP contribution in [0.1, 0.15) is 39.1 Å².